The van der Waals surface area contributed by atoms with E-state index >= 15 is 0 Å². The van der Waals surface area contributed by atoms with Crippen LogP contribution in [-0.4, -0.2) is 25.2 Å². The number of fused-ring (bicyclic) bond motifs is 1. The van der Waals surface area contributed by atoms with Crippen molar-refractivity contribution < 1.29 is 18.0 Å². The molecule has 1 saturated heterocycles. The minimum Gasteiger partial charge on any atom is -0.371 e. The van der Waals surface area contributed by atoms with Crippen LogP contribution in [-0.2, 0) is 11.0 Å². The van der Waals surface area contributed by atoms with Gasteiger partial charge in [-0.05, 0) is 55.2 Å². The number of anilines is 2. The molecule has 0 spiro atoms. The standard InChI is InChI=1S/C21H20F3N3O/c1-13-5-4-6-17-19(13)15(20(28)26-17)12-25-14-7-8-18(27-9-2-3-10-27)16(11-14)21(22,23)24/h4-8,11-12,15H,2-3,9-10H2,1H3,(H,26,28). The largest absolute Gasteiger partial charge is 0.418 e. The number of amides is 1. The van der Waals surface area contributed by atoms with Crippen LogP contribution in [0.5, 0.6) is 0 Å². The smallest absolute Gasteiger partial charge is 0.371 e. The summed E-state index contributed by atoms with van der Waals surface area (Å²) < 4.78 is 40.8. The predicted molar refractivity (Wildman–Crippen MR) is 104 cm³/mol. The van der Waals surface area contributed by atoms with E-state index < -0.39 is 17.7 Å². The molecule has 2 aliphatic rings. The number of aryl methyl sites for hydroxylation is 1. The highest BCUT2D eigenvalue weighted by Gasteiger charge is 2.36. The first-order valence-electron chi connectivity index (χ1n) is 9.25. The summed E-state index contributed by atoms with van der Waals surface area (Å²) in [4.78, 5) is 18.3. The van der Waals surface area contributed by atoms with Gasteiger partial charge in [-0.3, -0.25) is 9.79 Å². The lowest BCUT2D eigenvalue weighted by molar-refractivity contribution is -0.137. The number of nitrogens with zero attached hydrogens (tertiary/aromatic N) is 2. The number of benzene rings is 2. The Hall–Kier alpha value is -2.83. The fourth-order valence-corrected chi connectivity index (χ4v) is 3.91. The Morgan fingerprint density at radius 3 is 2.64 bits per heavy atom. The molecule has 2 heterocycles. The van der Waals surface area contributed by atoms with Crippen molar-refractivity contribution in [1.29, 1.82) is 0 Å². The van der Waals surface area contributed by atoms with Gasteiger partial charge in [0.1, 0.15) is 5.92 Å². The fraction of sp³-hybridized carbons (Fsp3) is 0.333. The molecule has 28 heavy (non-hydrogen) atoms. The first-order chi connectivity index (χ1) is 13.3. The molecule has 1 fully saturated rings. The van der Waals surface area contributed by atoms with Crippen molar-refractivity contribution >= 4 is 29.2 Å². The maximum absolute atomic E-state index is 13.6. The zero-order valence-electron chi connectivity index (χ0n) is 15.4. The minimum atomic E-state index is -4.46. The van der Waals surface area contributed by atoms with Crippen LogP contribution in [0, 0.1) is 6.92 Å². The molecule has 4 rings (SSSR count). The highest BCUT2D eigenvalue weighted by atomic mass is 19.4. The normalized spacial score (nSPS) is 19.4. The Labute approximate surface area is 161 Å². The molecule has 0 saturated carbocycles. The van der Waals surface area contributed by atoms with Gasteiger partial charge in [0.15, 0.2) is 0 Å². The third-order valence-corrected chi connectivity index (χ3v) is 5.28. The molecule has 0 aromatic heterocycles. The van der Waals surface area contributed by atoms with Gasteiger partial charge in [-0.15, -0.1) is 0 Å². The number of rotatable bonds is 3. The second-order valence-corrected chi connectivity index (χ2v) is 7.17. The Morgan fingerprint density at radius 2 is 1.93 bits per heavy atom. The topological polar surface area (TPSA) is 44.7 Å². The van der Waals surface area contributed by atoms with Crippen molar-refractivity contribution in [2.75, 3.05) is 23.3 Å². The molecule has 1 N–H and O–H groups in total. The molecular weight excluding hydrogens is 367 g/mol. The van der Waals surface area contributed by atoms with Gasteiger partial charge in [0.2, 0.25) is 5.91 Å². The van der Waals surface area contributed by atoms with Crippen LogP contribution in [0.2, 0.25) is 0 Å². The van der Waals surface area contributed by atoms with Gasteiger partial charge in [0, 0.05) is 30.7 Å². The van der Waals surface area contributed by atoms with Crippen LogP contribution in [0.1, 0.15) is 35.4 Å². The van der Waals surface area contributed by atoms with Crippen LogP contribution in [0.25, 0.3) is 0 Å². The highest BCUT2D eigenvalue weighted by molar-refractivity contribution is 6.13. The van der Waals surface area contributed by atoms with Crippen molar-refractivity contribution in [3.63, 3.8) is 0 Å². The van der Waals surface area contributed by atoms with Crippen molar-refractivity contribution in [1.82, 2.24) is 0 Å². The number of hydrogen-bond acceptors (Lipinski definition) is 3. The Kier molecular flexibility index (Phi) is 4.61. The van der Waals surface area contributed by atoms with Crippen LogP contribution in [0.4, 0.5) is 30.2 Å². The second-order valence-electron chi connectivity index (χ2n) is 7.17. The Balaban J connectivity index is 1.67. The molecule has 1 atom stereocenters. The van der Waals surface area contributed by atoms with Gasteiger partial charge < -0.3 is 10.2 Å². The van der Waals surface area contributed by atoms with Crippen molar-refractivity contribution in [2.45, 2.75) is 31.9 Å². The molecule has 1 unspecified atom stereocenters. The van der Waals surface area contributed by atoms with E-state index in [0.717, 1.165) is 35.7 Å². The molecular formula is C21H20F3N3O. The van der Waals surface area contributed by atoms with Crippen LogP contribution in [0.3, 0.4) is 0 Å². The Morgan fingerprint density at radius 1 is 1.18 bits per heavy atom. The number of carbonyl (C=O) groups is 1. The summed E-state index contributed by atoms with van der Waals surface area (Å²) in [6.45, 7) is 3.15. The van der Waals surface area contributed by atoms with Gasteiger partial charge in [0.05, 0.1) is 11.3 Å². The van der Waals surface area contributed by atoms with Crippen LogP contribution < -0.4 is 10.2 Å². The number of halogens is 3. The van der Waals surface area contributed by atoms with E-state index in [0.29, 0.717) is 13.1 Å². The average Bonchev–Trinajstić information content (AvgIpc) is 3.27. The average molecular weight is 387 g/mol. The Bertz CT molecular complexity index is 946. The number of nitrogens with one attached hydrogen (secondary N) is 1. The van der Waals surface area contributed by atoms with Gasteiger partial charge in [-0.2, -0.15) is 13.2 Å². The van der Waals surface area contributed by atoms with Gasteiger partial charge in [0.25, 0.3) is 0 Å². The van der Waals surface area contributed by atoms with Crippen LogP contribution in [0.15, 0.2) is 41.4 Å². The van der Waals surface area contributed by atoms with Gasteiger partial charge in [-0.1, -0.05) is 12.1 Å². The molecule has 7 heteroatoms. The summed E-state index contributed by atoms with van der Waals surface area (Å²) >= 11 is 0. The van der Waals surface area contributed by atoms with Crippen molar-refractivity contribution in [3.8, 4) is 0 Å². The number of hydrogen-bond donors (Lipinski definition) is 1. The van der Waals surface area contributed by atoms with Gasteiger partial charge >= 0.3 is 6.18 Å². The van der Waals surface area contributed by atoms with Crippen molar-refractivity contribution in [3.05, 3.63) is 53.1 Å². The van der Waals surface area contributed by atoms with E-state index in [4.69, 9.17) is 0 Å². The summed E-state index contributed by atoms with van der Waals surface area (Å²) in [5.41, 5.74) is 2.18. The van der Waals surface area contributed by atoms with Crippen LogP contribution >= 0.6 is 0 Å². The molecule has 2 aromatic rings. The van der Waals surface area contributed by atoms with E-state index in [1.54, 1.807) is 17.0 Å². The fourth-order valence-electron chi connectivity index (χ4n) is 3.91. The molecule has 4 nitrogen and oxygen atoms in total. The van der Waals surface area contributed by atoms with Crippen molar-refractivity contribution in [2.24, 2.45) is 4.99 Å². The number of aliphatic imine (C=N–C) groups is 1. The van der Waals surface area contributed by atoms with E-state index in [-0.39, 0.29) is 17.3 Å². The monoisotopic (exact) mass is 387 g/mol. The van der Waals surface area contributed by atoms with E-state index in [1.807, 2.05) is 19.1 Å². The number of alkyl halides is 3. The SMILES string of the molecule is Cc1cccc2c1C(C=Nc1ccc(N3CCCC3)c(C(F)(F)F)c1)C(=O)N2. The lowest BCUT2D eigenvalue weighted by Crippen LogP contribution is -2.22. The lowest BCUT2D eigenvalue weighted by Gasteiger charge is -2.22. The van der Waals surface area contributed by atoms with Gasteiger partial charge in [-0.25, -0.2) is 0 Å². The maximum Gasteiger partial charge on any atom is 0.418 e. The summed E-state index contributed by atoms with van der Waals surface area (Å²) in [5.74, 6) is -0.832. The molecule has 2 aliphatic heterocycles. The van der Waals surface area contributed by atoms with E-state index in [2.05, 4.69) is 10.3 Å². The summed E-state index contributed by atoms with van der Waals surface area (Å²) in [6.07, 6.45) is -1.24. The highest BCUT2D eigenvalue weighted by Crippen LogP contribution is 2.40. The summed E-state index contributed by atoms with van der Waals surface area (Å²) in [6, 6.07) is 9.67. The first-order valence-corrected chi connectivity index (χ1v) is 9.25. The summed E-state index contributed by atoms with van der Waals surface area (Å²) in [5, 5.41) is 2.79. The third kappa shape index (κ3) is 3.37. The zero-order chi connectivity index (χ0) is 19.9. The molecule has 0 radical (unpaired) electrons. The van der Waals surface area contributed by atoms with E-state index in [9.17, 15) is 18.0 Å². The molecule has 146 valence electrons. The third-order valence-electron chi connectivity index (χ3n) is 5.28. The van der Waals surface area contributed by atoms with E-state index in [1.165, 1.54) is 12.3 Å². The predicted octanol–water partition coefficient (Wildman–Crippen LogP) is 5.05. The zero-order valence-corrected chi connectivity index (χ0v) is 15.4. The minimum absolute atomic E-state index is 0.185. The second kappa shape index (κ2) is 6.96. The number of carbonyl (C=O) groups excluding carboxylic acids is 1. The molecule has 1 amide bonds. The molecule has 0 bridgehead atoms. The molecule has 2 aromatic carbocycles. The quantitative estimate of drug-likeness (QED) is 0.749. The lowest BCUT2D eigenvalue weighted by atomic mass is 9.97. The molecule has 0 aliphatic carbocycles. The summed E-state index contributed by atoms with van der Waals surface area (Å²) in [7, 11) is 0. The maximum atomic E-state index is 13.6. The first kappa shape index (κ1) is 18.5.